The number of hydrogen-bond acceptors (Lipinski definition) is 3. The van der Waals surface area contributed by atoms with E-state index in [1.807, 2.05) is 32.2 Å². The van der Waals surface area contributed by atoms with Gasteiger partial charge in [0.1, 0.15) is 5.75 Å². The van der Waals surface area contributed by atoms with Crippen molar-refractivity contribution in [2.75, 3.05) is 26.7 Å². The van der Waals surface area contributed by atoms with Crippen LogP contribution in [0.3, 0.4) is 0 Å². The van der Waals surface area contributed by atoms with Gasteiger partial charge in [0.15, 0.2) is 0 Å². The quantitative estimate of drug-likeness (QED) is 0.718. The Labute approximate surface area is 133 Å². The SMILES string of the molecule is CCOc1ccc(CNCCCNC)cc1Cl.Cl.Cl. The Morgan fingerprint density at radius 1 is 1.21 bits per heavy atom. The molecule has 0 saturated carbocycles. The minimum atomic E-state index is 0. The van der Waals surface area contributed by atoms with Crippen molar-refractivity contribution < 1.29 is 4.74 Å². The van der Waals surface area contributed by atoms with Gasteiger partial charge in [-0.05, 0) is 51.2 Å². The van der Waals surface area contributed by atoms with E-state index in [1.165, 1.54) is 5.56 Å². The zero-order valence-electron chi connectivity index (χ0n) is 11.4. The van der Waals surface area contributed by atoms with Gasteiger partial charge in [-0.2, -0.15) is 0 Å². The number of benzene rings is 1. The van der Waals surface area contributed by atoms with Gasteiger partial charge in [-0.1, -0.05) is 17.7 Å². The highest BCUT2D eigenvalue weighted by molar-refractivity contribution is 6.32. The average molecular weight is 330 g/mol. The molecule has 0 aromatic heterocycles. The van der Waals surface area contributed by atoms with Crippen LogP contribution in [0, 0.1) is 0 Å². The second-order valence-corrected chi connectivity index (χ2v) is 4.24. The molecule has 19 heavy (non-hydrogen) atoms. The molecule has 0 spiro atoms. The van der Waals surface area contributed by atoms with Crippen molar-refractivity contribution in [2.45, 2.75) is 19.9 Å². The highest BCUT2D eigenvalue weighted by atomic mass is 35.5. The Morgan fingerprint density at radius 2 is 1.95 bits per heavy atom. The van der Waals surface area contributed by atoms with Crippen LogP contribution < -0.4 is 15.4 Å². The van der Waals surface area contributed by atoms with Gasteiger partial charge >= 0.3 is 0 Å². The van der Waals surface area contributed by atoms with E-state index >= 15 is 0 Å². The van der Waals surface area contributed by atoms with E-state index in [0.717, 1.165) is 31.8 Å². The molecule has 1 rings (SSSR count). The predicted octanol–water partition coefficient (Wildman–Crippen LogP) is 3.28. The molecule has 0 aliphatic carbocycles. The van der Waals surface area contributed by atoms with Gasteiger partial charge in [0.2, 0.25) is 0 Å². The molecule has 6 heteroatoms. The van der Waals surface area contributed by atoms with Crippen LogP contribution in [0.2, 0.25) is 5.02 Å². The van der Waals surface area contributed by atoms with E-state index in [-0.39, 0.29) is 24.8 Å². The third-order valence-electron chi connectivity index (χ3n) is 2.41. The molecular weight excluding hydrogens is 307 g/mol. The summed E-state index contributed by atoms with van der Waals surface area (Å²) in [5.41, 5.74) is 1.18. The van der Waals surface area contributed by atoms with Crippen LogP contribution in [0.5, 0.6) is 5.75 Å². The minimum Gasteiger partial charge on any atom is -0.492 e. The van der Waals surface area contributed by atoms with Crippen LogP contribution in [-0.4, -0.2) is 26.7 Å². The fraction of sp³-hybridized carbons (Fsp3) is 0.538. The molecule has 1 aromatic rings. The monoisotopic (exact) mass is 328 g/mol. The minimum absolute atomic E-state index is 0. The predicted molar refractivity (Wildman–Crippen MR) is 87.4 cm³/mol. The molecule has 1 aromatic carbocycles. The average Bonchev–Trinajstić information content (AvgIpc) is 2.32. The van der Waals surface area contributed by atoms with E-state index in [2.05, 4.69) is 10.6 Å². The fourth-order valence-corrected chi connectivity index (χ4v) is 1.81. The molecule has 0 fully saturated rings. The van der Waals surface area contributed by atoms with Crippen molar-refractivity contribution in [1.82, 2.24) is 10.6 Å². The summed E-state index contributed by atoms with van der Waals surface area (Å²) in [6.45, 7) is 5.48. The van der Waals surface area contributed by atoms with Crippen LogP contribution in [0.1, 0.15) is 18.9 Å². The van der Waals surface area contributed by atoms with Gasteiger partial charge in [0, 0.05) is 6.54 Å². The van der Waals surface area contributed by atoms with Crippen molar-refractivity contribution in [3.05, 3.63) is 28.8 Å². The Balaban J connectivity index is 0. The van der Waals surface area contributed by atoms with Gasteiger partial charge < -0.3 is 15.4 Å². The molecule has 2 N–H and O–H groups in total. The Hall–Kier alpha value is -0.190. The topological polar surface area (TPSA) is 33.3 Å². The van der Waals surface area contributed by atoms with Crippen LogP contribution in [0.25, 0.3) is 0 Å². The molecule has 0 atom stereocenters. The van der Waals surface area contributed by atoms with E-state index < -0.39 is 0 Å². The molecule has 0 heterocycles. The second-order valence-electron chi connectivity index (χ2n) is 3.83. The first kappa shape index (κ1) is 21.1. The van der Waals surface area contributed by atoms with Crippen molar-refractivity contribution >= 4 is 36.4 Å². The summed E-state index contributed by atoms with van der Waals surface area (Å²) in [4.78, 5) is 0. The highest BCUT2D eigenvalue weighted by Crippen LogP contribution is 2.25. The smallest absolute Gasteiger partial charge is 0.137 e. The molecule has 112 valence electrons. The molecule has 0 aliphatic heterocycles. The number of nitrogens with one attached hydrogen (secondary N) is 2. The molecule has 0 aliphatic rings. The normalized spacial score (nSPS) is 9.42. The van der Waals surface area contributed by atoms with E-state index in [9.17, 15) is 0 Å². The lowest BCUT2D eigenvalue weighted by Crippen LogP contribution is -2.19. The van der Waals surface area contributed by atoms with Crippen molar-refractivity contribution in [1.29, 1.82) is 0 Å². The molecule has 0 saturated heterocycles. The molecule has 0 bridgehead atoms. The maximum atomic E-state index is 6.11. The molecule has 0 radical (unpaired) electrons. The Morgan fingerprint density at radius 3 is 2.53 bits per heavy atom. The Kier molecular flexibility index (Phi) is 14.3. The van der Waals surface area contributed by atoms with Crippen molar-refractivity contribution in [2.24, 2.45) is 0 Å². The summed E-state index contributed by atoms with van der Waals surface area (Å²) in [5.74, 6) is 0.757. The summed E-state index contributed by atoms with van der Waals surface area (Å²) < 4.78 is 5.39. The first-order chi connectivity index (χ1) is 8.27. The molecule has 0 unspecified atom stereocenters. The van der Waals surface area contributed by atoms with Gasteiger partial charge in [-0.3, -0.25) is 0 Å². The summed E-state index contributed by atoms with van der Waals surface area (Å²) in [6.07, 6.45) is 1.13. The van der Waals surface area contributed by atoms with Crippen molar-refractivity contribution in [3.8, 4) is 5.75 Å². The van der Waals surface area contributed by atoms with Crippen LogP contribution in [0.4, 0.5) is 0 Å². The second kappa shape index (κ2) is 12.8. The van der Waals surface area contributed by atoms with Crippen LogP contribution in [0.15, 0.2) is 18.2 Å². The zero-order chi connectivity index (χ0) is 12.5. The first-order valence-corrected chi connectivity index (χ1v) is 6.42. The zero-order valence-corrected chi connectivity index (χ0v) is 13.8. The third-order valence-corrected chi connectivity index (χ3v) is 2.70. The fourth-order valence-electron chi connectivity index (χ4n) is 1.55. The van der Waals surface area contributed by atoms with Gasteiger partial charge in [0.05, 0.1) is 11.6 Å². The van der Waals surface area contributed by atoms with E-state index in [1.54, 1.807) is 0 Å². The first-order valence-electron chi connectivity index (χ1n) is 6.04. The van der Waals surface area contributed by atoms with Gasteiger partial charge in [0.25, 0.3) is 0 Å². The van der Waals surface area contributed by atoms with Crippen LogP contribution >= 0.6 is 36.4 Å². The standard InChI is InChI=1S/C13H21ClN2O.2ClH/c1-3-17-13-6-5-11(9-12(13)14)10-16-8-4-7-15-2;;/h5-6,9,15-16H,3-4,7-8,10H2,1-2H3;2*1H. The lowest BCUT2D eigenvalue weighted by molar-refractivity contribution is 0.340. The lowest BCUT2D eigenvalue weighted by Gasteiger charge is -2.08. The molecule has 0 amide bonds. The van der Waals surface area contributed by atoms with Crippen molar-refractivity contribution in [3.63, 3.8) is 0 Å². The summed E-state index contributed by atoms with van der Waals surface area (Å²) in [6, 6.07) is 5.93. The van der Waals surface area contributed by atoms with E-state index in [4.69, 9.17) is 16.3 Å². The molecule has 3 nitrogen and oxygen atoms in total. The van der Waals surface area contributed by atoms with Gasteiger partial charge in [-0.25, -0.2) is 0 Å². The maximum Gasteiger partial charge on any atom is 0.137 e. The summed E-state index contributed by atoms with van der Waals surface area (Å²) in [7, 11) is 1.96. The lowest BCUT2D eigenvalue weighted by atomic mass is 10.2. The molecular formula is C13H23Cl3N2O. The summed E-state index contributed by atoms with van der Waals surface area (Å²) in [5, 5.41) is 7.18. The number of rotatable bonds is 8. The number of hydrogen-bond donors (Lipinski definition) is 2. The number of ether oxygens (including phenoxy) is 1. The third kappa shape index (κ3) is 8.56. The van der Waals surface area contributed by atoms with Crippen LogP contribution in [-0.2, 0) is 6.54 Å². The van der Waals surface area contributed by atoms with Gasteiger partial charge in [-0.15, -0.1) is 24.8 Å². The number of halogens is 3. The highest BCUT2D eigenvalue weighted by Gasteiger charge is 2.02. The summed E-state index contributed by atoms with van der Waals surface area (Å²) >= 11 is 6.11. The largest absolute Gasteiger partial charge is 0.492 e. The maximum absolute atomic E-state index is 6.11. The van der Waals surface area contributed by atoms with E-state index in [0.29, 0.717) is 11.6 Å². The Bertz CT molecular complexity index is 338.